The fourth-order valence-electron chi connectivity index (χ4n) is 4.56. The normalized spacial score (nSPS) is 12.8. The minimum atomic E-state index is -1.54. The van der Waals surface area contributed by atoms with E-state index >= 15 is 0 Å². The van der Waals surface area contributed by atoms with E-state index in [-0.39, 0.29) is 5.41 Å². The minimum Gasteiger partial charge on any atom is -0.235 e. The van der Waals surface area contributed by atoms with Gasteiger partial charge in [-0.3, -0.25) is 0 Å². The number of aryl methyl sites for hydroxylation is 1. The van der Waals surface area contributed by atoms with E-state index in [9.17, 15) is 0 Å². The molecule has 2 aromatic heterocycles. The summed E-state index contributed by atoms with van der Waals surface area (Å²) in [6.45, 7) is 16.3. The van der Waals surface area contributed by atoms with Crippen LogP contribution in [-0.4, -0.2) is 18.0 Å². The van der Waals surface area contributed by atoms with Gasteiger partial charge in [0, 0.05) is 15.6 Å². The second-order valence-electron chi connectivity index (χ2n) is 10.9. The molecule has 5 aromatic rings. The van der Waals surface area contributed by atoms with E-state index in [0.29, 0.717) is 0 Å². The lowest BCUT2D eigenvalue weighted by Crippen LogP contribution is -2.38. The number of hydrogen-bond acceptors (Lipinski definition) is 3. The van der Waals surface area contributed by atoms with Gasteiger partial charge in [0.1, 0.15) is 6.33 Å². The zero-order valence-corrected chi connectivity index (χ0v) is 21.8. The Hall–Kier alpha value is -2.56. The molecule has 0 aliphatic heterocycles. The van der Waals surface area contributed by atoms with Crippen LogP contribution >= 0.6 is 11.3 Å². The molecule has 0 aliphatic rings. The van der Waals surface area contributed by atoms with E-state index in [4.69, 9.17) is 9.97 Å². The molecule has 0 aliphatic carbocycles. The van der Waals surface area contributed by atoms with E-state index in [2.05, 4.69) is 95.9 Å². The Morgan fingerprint density at radius 2 is 1.59 bits per heavy atom. The number of hydrogen-bond donors (Lipinski definition) is 0. The maximum Gasteiger partial charge on any atom is 0.116 e. The van der Waals surface area contributed by atoms with Gasteiger partial charge in [-0.25, -0.2) is 9.97 Å². The molecule has 162 valence electrons. The summed E-state index contributed by atoms with van der Waals surface area (Å²) in [6, 6.07) is 18.1. The lowest BCUT2D eigenvalue weighted by molar-refractivity contribution is 0.591. The van der Waals surface area contributed by atoms with Crippen molar-refractivity contribution in [1.82, 2.24) is 9.97 Å². The number of nitrogens with zero attached hydrogens (tertiary/aromatic N) is 2. The molecule has 4 heteroatoms. The molecule has 32 heavy (non-hydrogen) atoms. The topological polar surface area (TPSA) is 25.8 Å². The van der Waals surface area contributed by atoms with E-state index in [1.54, 1.807) is 6.33 Å². The SMILES string of the molecule is Cc1cc(C(C)(C)C)cc2c1sc1c(-c3cc([Si](C)(C)C)c4ccccc4c3)ncnc12. The van der Waals surface area contributed by atoms with Crippen LogP contribution in [0.5, 0.6) is 0 Å². The second kappa shape index (κ2) is 7.22. The summed E-state index contributed by atoms with van der Waals surface area (Å²) < 4.78 is 2.51. The first kappa shape index (κ1) is 21.3. The molecule has 3 aromatic carbocycles. The maximum absolute atomic E-state index is 4.82. The largest absolute Gasteiger partial charge is 0.235 e. The smallest absolute Gasteiger partial charge is 0.116 e. The van der Waals surface area contributed by atoms with Crippen molar-refractivity contribution in [2.24, 2.45) is 0 Å². The minimum absolute atomic E-state index is 0.105. The van der Waals surface area contributed by atoms with Crippen LogP contribution in [0, 0.1) is 6.92 Å². The Labute approximate surface area is 195 Å². The summed E-state index contributed by atoms with van der Waals surface area (Å²) in [5, 5.41) is 5.42. The first-order chi connectivity index (χ1) is 15.0. The number of rotatable bonds is 2. The third kappa shape index (κ3) is 3.46. The van der Waals surface area contributed by atoms with Crippen LogP contribution in [-0.2, 0) is 5.41 Å². The Bertz CT molecular complexity index is 1500. The molecule has 0 bridgehead atoms. The number of fused-ring (bicyclic) bond motifs is 4. The number of aromatic nitrogens is 2. The van der Waals surface area contributed by atoms with Crippen molar-refractivity contribution in [3.8, 4) is 11.3 Å². The van der Waals surface area contributed by atoms with Crippen LogP contribution < -0.4 is 5.19 Å². The molecule has 0 radical (unpaired) electrons. The molecule has 0 fully saturated rings. The summed E-state index contributed by atoms with van der Waals surface area (Å²) in [7, 11) is -1.54. The van der Waals surface area contributed by atoms with Gasteiger partial charge in [-0.15, -0.1) is 11.3 Å². The Morgan fingerprint density at radius 3 is 2.31 bits per heavy atom. The quantitative estimate of drug-likeness (QED) is 0.254. The molecular weight excluding hydrogens is 424 g/mol. The lowest BCUT2D eigenvalue weighted by Gasteiger charge is -2.21. The zero-order chi connectivity index (χ0) is 22.8. The summed E-state index contributed by atoms with van der Waals surface area (Å²) in [4.78, 5) is 9.58. The summed E-state index contributed by atoms with van der Waals surface area (Å²) in [6.07, 6.45) is 1.74. The third-order valence-corrected chi connectivity index (χ3v) is 9.71. The average molecular weight is 455 g/mol. The van der Waals surface area contributed by atoms with Crippen molar-refractivity contribution >= 4 is 55.7 Å². The van der Waals surface area contributed by atoms with Gasteiger partial charge in [-0.1, -0.05) is 82.0 Å². The highest BCUT2D eigenvalue weighted by atomic mass is 32.1. The van der Waals surface area contributed by atoms with Crippen molar-refractivity contribution < 1.29 is 0 Å². The highest BCUT2D eigenvalue weighted by Crippen LogP contribution is 2.41. The molecular formula is C28H30N2SSi. The second-order valence-corrected chi connectivity index (χ2v) is 17.0. The van der Waals surface area contributed by atoms with Crippen molar-refractivity contribution in [2.45, 2.75) is 52.8 Å². The van der Waals surface area contributed by atoms with Gasteiger partial charge in [0.05, 0.1) is 24.0 Å². The van der Waals surface area contributed by atoms with Crippen LogP contribution in [0.25, 0.3) is 42.3 Å². The maximum atomic E-state index is 4.82. The van der Waals surface area contributed by atoms with Gasteiger partial charge in [0.25, 0.3) is 0 Å². The van der Waals surface area contributed by atoms with Gasteiger partial charge in [0.15, 0.2) is 0 Å². The number of benzene rings is 3. The van der Waals surface area contributed by atoms with Gasteiger partial charge >= 0.3 is 0 Å². The molecule has 0 unspecified atom stereocenters. The molecule has 0 atom stereocenters. The standard InChI is InChI=1S/C28H30N2SSi/c1-17-12-20(28(2,3)4)15-22-25-27(31-26(17)22)24(29-16-30-25)19-13-18-10-8-9-11-21(18)23(14-19)32(5,6)7/h8-16H,1-7H3. The summed E-state index contributed by atoms with van der Waals surface area (Å²) in [5.41, 5.74) is 6.11. The molecule has 2 nitrogen and oxygen atoms in total. The molecule has 0 amide bonds. The van der Waals surface area contributed by atoms with E-state index in [1.807, 2.05) is 11.3 Å². The monoisotopic (exact) mass is 454 g/mol. The average Bonchev–Trinajstić information content (AvgIpc) is 3.11. The molecule has 0 spiro atoms. The fraction of sp³-hybridized carbons (Fsp3) is 0.286. The van der Waals surface area contributed by atoms with Crippen molar-refractivity contribution in [3.05, 3.63) is 66.0 Å². The molecule has 0 N–H and O–H groups in total. The zero-order valence-electron chi connectivity index (χ0n) is 20.0. The lowest BCUT2D eigenvalue weighted by atomic mass is 9.85. The van der Waals surface area contributed by atoms with Crippen molar-refractivity contribution in [3.63, 3.8) is 0 Å². The third-order valence-electron chi connectivity index (χ3n) is 6.35. The predicted molar refractivity (Wildman–Crippen MR) is 144 cm³/mol. The highest BCUT2D eigenvalue weighted by Gasteiger charge is 2.23. The van der Waals surface area contributed by atoms with Crippen LogP contribution in [0.1, 0.15) is 31.9 Å². The molecule has 0 saturated carbocycles. The Balaban J connectivity index is 1.83. The summed E-state index contributed by atoms with van der Waals surface area (Å²) >= 11 is 1.83. The van der Waals surface area contributed by atoms with Gasteiger partial charge in [-0.05, 0) is 46.4 Å². The Kier molecular flexibility index (Phi) is 4.81. The molecule has 0 saturated heterocycles. The van der Waals surface area contributed by atoms with Crippen molar-refractivity contribution in [2.75, 3.05) is 0 Å². The van der Waals surface area contributed by atoms with E-state index in [0.717, 1.165) is 11.2 Å². The van der Waals surface area contributed by atoms with E-state index < -0.39 is 8.07 Å². The summed E-state index contributed by atoms with van der Waals surface area (Å²) in [5.74, 6) is 0. The first-order valence-electron chi connectivity index (χ1n) is 11.3. The number of thiophene rings is 1. The van der Waals surface area contributed by atoms with Gasteiger partial charge in [-0.2, -0.15) is 0 Å². The van der Waals surface area contributed by atoms with Crippen LogP contribution in [0.3, 0.4) is 0 Å². The fourth-order valence-corrected chi connectivity index (χ4v) is 7.40. The van der Waals surface area contributed by atoms with Crippen LogP contribution in [0.2, 0.25) is 19.6 Å². The van der Waals surface area contributed by atoms with Gasteiger partial charge < -0.3 is 0 Å². The van der Waals surface area contributed by atoms with E-state index in [1.165, 1.54) is 47.4 Å². The highest BCUT2D eigenvalue weighted by molar-refractivity contribution is 7.26. The molecule has 2 heterocycles. The predicted octanol–water partition coefficient (Wildman–Crippen LogP) is 7.82. The van der Waals surface area contributed by atoms with Crippen LogP contribution in [0.4, 0.5) is 0 Å². The molecule has 5 rings (SSSR count). The Morgan fingerprint density at radius 1 is 0.844 bits per heavy atom. The first-order valence-corrected chi connectivity index (χ1v) is 15.6. The van der Waals surface area contributed by atoms with Crippen molar-refractivity contribution in [1.29, 1.82) is 0 Å². The van der Waals surface area contributed by atoms with Gasteiger partial charge in [0.2, 0.25) is 0 Å². The van der Waals surface area contributed by atoms with Crippen LogP contribution in [0.15, 0.2) is 54.9 Å².